The smallest absolute Gasteiger partial charge is 0.199 e. The van der Waals surface area contributed by atoms with E-state index in [2.05, 4.69) is 0 Å². The van der Waals surface area contributed by atoms with Crippen LogP contribution in [0.5, 0.6) is 0 Å². The number of rotatable bonds is 3. The summed E-state index contributed by atoms with van der Waals surface area (Å²) in [5.74, 6) is 0. The minimum Gasteiger partial charge on any atom is -0.219 e. The second-order valence-electron chi connectivity index (χ2n) is 4.21. The molecule has 0 radical (unpaired) electrons. The Morgan fingerprint density at radius 1 is 0.947 bits per heavy atom. The Kier molecular flexibility index (Phi) is 4.08. The summed E-state index contributed by atoms with van der Waals surface area (Å²) < 4.78 is 24.1. The van der Waals surface area contributed by atoms with Crippen LogP contribution in [0.3, 0.4) is 0 Å². The van der Waals surface area contributed by atoms with Gasteiger partial charge in [-0.2, -0.15) is 0 Å². The second kappa shape index (κ2) is 5.59. The molecule has 0 aromatic heterocycles. The molecule has 0 amide bonds. The van der Waals surface area contributed by atoms with Gasteiger partial charge in [-0.15, -0.1) is 0 Å². The maximum atomic E-state index is 12.1. The Labute approximate surface area is 118 Å². The highest BCUT2D eigenvalue weighted by molar-refractivity contribution is 7.94. The number of benzene rings is 2. The third-order valence-electron chi connectivity index (χ3n) is 2.66. The highest BCUT2D eigenvalue weighted by Crippen LogP contribution is 2.17. The molecule has 0 unspecified atom stereocenters. The summed E-state index contributed by atoms with van der Waals surface area (Å²) in [6, 6.07) is 13.8. The SMILES string of the molecule is Cc1ccc(C=CS(=O)(=O)c2ccc(Cl)cc2)cc1. The van der Waals surface area contributed by atoms with Crippen LogP contribution >= 0.6 is 11.6 Å². The molecule has 98 valence electrons. The summed E-state index contributed by atoms with van der Waals surface area (Å²) in [5, 5.41) is 1.72. The zero-order chi connectivity index (χ0) is 13.9. The molecule has 2 aromatic rings. The zero-order valence-electron chi connectivity index (χ0n) is 10.4. The molecule has 19 heavy (non-hydrogen) atoms. The average molecular weight is 293 g/mol. The van der Waals surface area contributed by atoms with Crippen LogP contribution in [-0.4, -0.2) is 8.42 Å². The van der Waals surface area contributed by atoms with Gasteiger partial charge < -0.3 is 0 Å². The predicted molar refractivity (Wildman–Crippen MR) is 78.9 cm³/mol. The summed E-state index contributed by atoms with van der Waals surface area (Å²) in [7, 11) is -3.42. The number of halogens is 1. The predicted octanol–water partition coefficient (Wildman–Crippen LogP) is 4.09. The summed E-state index contributed by atoms with van der Waals surface area (Å²) in [4.78, 5) is 0.236. The molecule has 2 rings (SSSR count). The summed E-state index contributed by atoms with van der Waals surface area (Å²) >= 11 is 5.74. The lowest BCUT2D eigenvalue weighted by Crippen LogP contribution is -1.95. The molecule has 0 N–H and O–H groups in total. The molecule has 0 aliphatic carbocycles. The van der Waals surface area contributed by atoms with E-state index >= 15 is 0 Å². The minimum absolute atomic E-state index is 0.236. The average Bonchev–Trinajstić information content (AvgIpc) is 2.39. The fraction of sp³-hybridized carbons (Fsp3) is 0.0667. The Hall–Kier alpha value is -1.58. The van der Waals surface area contributed by atoms with E-state index < -0.39 is 9.84 Å². The van der Waals surface area contributed by atoms with Gasteiger partial charge in [0.15, 0.2) is 9.84 Å². The van der Waals surface area contributed by atoms with Crippen molar-refractivity contribution in [2.45, 2.75) is 11.8 Å². The van der Waals surface area contributed by atoms with Crippen molar-refractivity contribution in [1.29, 1.82) is 0 Å². The quantitative estimate of drug-likeness (QED) is 0.854. The summed E-state index contributed by atoms with van der Waals surface area (Å²) in [6.07, 6.45) is 1.59. The molecule has 0 spiro atoms. The van der Waals surface area contributed by atoms with Crippen molar-refractivity contribution in [2.75, 3.05) is 0 Å². The van der Waals surface area contributed by atoms with Gasteiger partial charge in [0.2, 0.25) is 0 Å². The van der Waals surface area contributed by atoms with Crippen LogP contribution < -0.4 is 0 Å². The number of hydrogen-bond acceptors (Lipinski definition) is 2. The van der Waals surface area contributed by atoms with E-state index in [0.717, 1.165) is 11.1 Å². The van der Waals surface area contributed by atoms with Gasteiger partial charge in [-0.3, -0.25) is 0 Å². The lowest BCUT2D eigenvalue weighted by Gasteiger charge is -1.99. The van der Waals surface area contributed by atoms with E-state index in [0.29, 0.717) is 5.02 Å². The van der Waals surface area contributed by atoms with Gasteiger partial charge in [0, 0.05) is 10.4 Å². The summed E-state index contributed by atoms with van der Waals surface area (Å²) in [5.41, 5.74) is 1.99. The van der Waals surface area contributed by atoms with Crippen molar-refractivity contribution in [3.05, 3.63) is 70.1 Å². The van der Waals surface area contributed by atoms with Crippen LogP contribution in [0.15, 0.2) is 58.8 Å². The number of sulfone groups is 1. The lowest BCUT2D eigenvalue weighted by molar-refractivity contribution is 0.605. The topological polar surface area (TPSA) is 34.1 Å². The largest absolute Gasteiger partial charge is 0.219 e. The first-order valence-electron chi connectivity index (χ1n) is 5.73. The van der Waals surface area contributed by atoms with E-state index in [9.17, 15) is 8.42 Å². The van der Waals surface area contributed by atoms with E-state index in [1.54, 1.807) is 18.2 Å². The van der Waals surface area contributed by atoms with Crippen molar-refractivity contribution < 1.29 is 8.42 Å². The Bertz CT molecular complexity index is 684. The fourth-order valence-corrected chi connectivity index (χ4v) is 2.68. The van der Waals surface area contributed by atoms with E-state index in [-0.39, 0.29) is 4.90 Å². The fourth-order valence-electron chi connectivity index (χ4n) is 1.55. The third-order valence-corrected chi connectivity index (χ3v) is 4.33. The van der Waals surface area contributed by atoms with Gasteiger partial charge in [-0.05, 0) is 42.8 Å². The second-order valence-corrected chi connectivity index (χ2v) is 6.48. The molecule has 0 bridgehead atoms. The lowest BCUT2D eigenvalue weighted by atomic mass is 10.2. The van der Waals surface area contributed by atoms with Crippen molar-refractivity contribution >= 4 is 27.5 Å². The first-order valence-corrected chi connectivity index (χ1v) is 7.65. The van der Waals surface area contributed by atoms with E-state index in [1.165, 1.54) is 17.5 Å². The van der Waals surface area contributed by atoms with Crippen molar-refractivity contribution in [1.82, 2.24) is 0 Å². The van der Waals surface area contributed by atoms with E-state index in [1.807, 2.05) is 31.2 Å². The van der Waals surface area contributed by atoms with Gasteiger partial charge in [-0.1, -0.05) is 41.4 Å². The molecule has 0 fully saturated rings. The third kappa shape index (κ3) is 3.69. The normalized spacial score (nSPS) is 11.9. The Morgan fingerprint density at radius 2 is 1.53 bits per heavy atom. The Morgan fingerprint density at radius 3 is 2.11 bits per heavy atom. The molecular weight excluding hydrogens is 280 g/mol. The van der Waals surface area contributed by atoms with Gasteiger partial charge >= 0.3 is 0 Å². The highest BCUT2D eigenvalue weighted by atomic mass is 35.5. The van der Waals surface area contributed by atoms with Crippen LogP contribution in [-0.2, 0) is 9.84 Å². The molecular formula is C15H13ClO2S. The number of hydrogen-bond donors (Lipinski definition) is 0. The highest BCUT2D eigenvalue weighted by Gasteiger charge is 2.09. The van der Waals surface area contributed by atoms with Gasteiger partial charge in [0.1, 0.15) is 0 Å². The molecule has 0 saturated heterocycles. The van der Waals surface area contributed by atoms with Crippen LogP contribution in [0.4, 0.5) is 0 Å². The van der Waals surface area contributed by atoms with Crippen LogP contribution in [0.1, 0.15) is 11.1 Å². The first kappa shape index (κ1) is 13.8. The maximum Gasteiger partial charge on any atom is 0.199 e. The zero-order valence-corrected chi connectivity index (χ0v) is 11.9. The van der Waals surface area contributed by atoms with Crippen LogP contribution in [0, 0.1) is 6.92 Å². The molecule has 0 aliphatic heterocycles. The molecule has 4 heteroatoms. The Balaban J connectivity index is 2.26. The molecule has 0 aliphatic rings. The molecule has 0 atom stereocenters. The van der Waals surface area contributed by atoms with Gasteiger partial charge in [0.05, 0.1) is 4.90 Å². The molecule has 2 nitrogen and oxygen atoms in total. The monoisotopic (exact) mass is 292 g/mol. The van der Waals surface area contributed by atoms with Crippen molar-refractivity contribution in [3.63, 3.8) is 0 Å². The first-order chi connectivity index (χ1) is 8.97. The van der Waals surface area contributed by atoms with Gasteiger partial charge in [-0.25, -0.2) is 8.42 Å². The van der Waals surface area contributed by atoms with Gasteiger partial charge in [0.25, 0.3) is 0 Å². The summed E-state index contributed by atoms with van der Waals surface area (Å²) in [6.45, 7) is 1.98. The van der Waals surface area contributed by atoms with Crippen molar-refractivity contribution in [2.24, 2.45) is 0 Å². The maximum absolute atomic E-state index is 12.1. The van der Waals surface area contributed by atoms with Crippen LogP contribution in [0.25, 0.3) is 6.08 Å². The molecule has 0 heterocycles. The molecule has 2 aromatic carbocycles. The van der Waals surface area contributed by atoms with Crippen molar-refractivity contribution in [3.8, 4) is 0 Å². The van der Waals surface area contributed by atoms with Crippen LogP contribution in [0.2, 0.25) is 5.02 Å². The number of aryl methyl sites for hydroxylation is 1. The molecule has 0 saturated carbocycles. The standard InChI is InChI=1S/C15H13ClO2S/c1-12-2-4-13(5-3-12)10-11-19(17,18)15-8-6-14(16)7-9-15/h2-11H,1H3. The van der Waals surface area contributed by atoms with E-state index in [4.69, 9.17) is 11.6 Å². The minimum atomic E-state index is -3.42.